The van der Waals surface area contributed by atoms with E-state index in [4.69, 9.17) is 5.73 Å². The highest BCUT2D eigenvalue weighted by Gasteiger charge is 2.72. The second-order valence-corrected chi connectivity index (χ2v) is 4.24. The van der Waals surface area contributed by atoms with E-state index in [-0.39, 0.29) is 13.0 Å². The van der Waals surface area contributed by atoms with E-state index in [9.17, 15) is 8.78 Å². The molecular weight excluding hydrogens is 212 g/mol. The van der Waals surface area contributed by atoms with Crippen LogP contribution >= 0.6 is 0 Å². The molecular formula is C11H11F2N3. The number of hydrogen-bond donors (Lipinski definition) is 1. The highest BCUT2D eigenvalue weighted by atomic mass is 19.3. The molecule has 1 aliphatic rings. The number of nitrogens with zero attached hydrogens (tertiary/aromatic N) is 2. The molecule has 1 unspecified atom stereocenters. The number of rotatable bonds is 2. The Hall–Kier alpha value is -1.49. The summed E-state index contributed by atoms with van der Waals surface area (Å²) in [6.07, 6.45) is 3.06. The molecule has 0 aliphatic heterocycles. The molecule has 0 bridgehead atoms. The van der Waals surface area contributed by atoms with Gasteiger partial charge in [-0.05, 0) is 12.1 Å². The van der Waals surface area contributed by atoms with Crippen LogP contribution in [-0.2, 0) is 5.41 Å². The van der Waals surface area contributed by atoms with Gasteiger partial charge in [-0.3, -0.25) is 0 Å². The molecule has 3 nitrogen and oxygen atoms in total. The molecule has 0 radical (unpaired) electrons. The van der Waals surface area contributed by atoms with Gasteiger partial charge in [-0.25, -0.2) is 13.8 Å². The van der Waals surface area contributed by atoms with Crippen molar-refractivity contribution < 1.29 is 8.78 Å². The fourth-order valence-electron chi connectivity index (χ4n) is 2.23. The predicted molar refractivity (Wildman–Crippen MR) is 55.5 cm³/mol. The maximum Gasteiger partial charge on any atom is 0.261 e. The van der Waals surface area contributed by atoms with E-state index < -0.39 is 11.3 Å². The van der Waals surface area contributed by atoms with Crippen LogP contribution in [0.5, 0.6) is 0 Å². The summed E-state index contributed by atoms with van der Waals surface area (Å²) in [6, 6.07) is 5.41. The van der Waals surface area contributed by atoms with Crippen molar-refractivity contribution in [1.29, 1.82) is 0 Å². The lowest BCUT2D eigenvalue weighted by Gasteiger charge is -2.13. The summed E-state index contributed by atoms with van der Waals surface area (Å²) in [7, 11) is 0. The summed E-state index contributed by atoms with van der Waals surface area (Å²) in [5.74, 6) is -2.70. The number of nitrogens with two attached hydrogens (primary N) is 1. The van der Waals surface area contributed by atoms with Gasteiger partial charge >= 0.3 is 0 Å². The maximum absolute atomic E-state index is 13.4. The quantitative estimate of drug-likeness (QED) is 0.839. The minimum atomic E-state index is -2.70. The highest BCUT2D eigenvalue weighted by Crippen LogP contribution is 2.60. The van der Waals surface area contributed by atoms with Crippen molar-refractivity contribution in [1.82, 2.24) is 9.38 Å². The molecule has 2 aromatic rings. The summed E-state index contributed by atoms with van der Waals surface area (Å²) in [5.41, 5.74) is 5.47. The molecule has 1 aliphatic carbocycles. The van der Waals surface area contributed by atoms with E-state index in [1.54, 1.807) is 22.7 Å². The lowest BCUT2D eigenvalue weighted by atomic mass is 10.0. The van der Waals surface area contributed by atoms with Gasteiger partial charge in [0.25, 0.3) is 5.92 Å². The number of halogens is 2. The smallest absolute Gasteiger partial charge is 0.261 e. The van der Waals surface area contributed by atoms with Crippen LogP contribution in [0.25, 0.3) is 5.65 Å². The molecule has 1 saturated carbocycles. The Morgan fingerprint density at radius 2 is 2.19 bits per heavy atom. The van der Waals surface area contributed by atoms with Gasteiger partial charge in [-0.1, -0.05) is 6.07 Å². The summed E-state index contributed by atoms with van der Waals surface area (Å²) in [6.45, 7) is -0.0529. The molecule has 1 atom stereocenters. The van der Waals surface area contributed by atoms with Crippen LogP contribution in [0.2, 0.25) is 0 Å². The average Bonchev–Trinajstić information content (AvgIpc) is 2.67. The van der Waals surface area contributed by atoms with Crippen molar-refractivity contribution in [3.8, 4) is 0 Å². The van der Waals surface area contributed by atoms with Gasteiger partial charge in [0.05, 0.1) is 17.3 Å². The summed E-state index contributed by atoms with van der Waals surface area (Å²) < 4.78 is 28.5. The summed E-state index contributed by atoms with van der Waals surface area (Å²) >= 11 is 0. The Bertz CT molecular complexity index is 549. The van der Waals surface area contributed by atoms with E-state index in [0.29, 0.717) is 11.3 Å². The molecule has 5 heteroatoms. The Kier molecular flexibility index (Phi) is 1.70. The van der Waals surface area contributed by atoms with E-state index in [0.717, 1.165) is 0 Å². The van der Waals surface area contributed by atoms with Gasteiger partial charge in [0.15, 0.2) is 0 Å². The van der Waals surface area contributed by atoms with Gasteiger partial charge in [-0.15, -0.1) is 0 Å². The largest absolute Gasteiger partial charge is 0.329 e. The maximum atomic E-state index is 13.4. The molecule has 2 aromatic heterocycles. The third-order valence-electron chi connectivity index (χ3n) is 3.35. The first kappa shape index (κ1) is 9.72. The van der Waals surface area contributed by atoms with E-state index >= 15 is 0 Å². The number of aromatic nitrogens is 2. The van der Waals surface area contributed by atoms with Crippen molar-refractivity contribution in [3.63, 3.8) is 0 Å². The molecule has 3 rings (SSSR count). The topological polar surface area (TPSA) is 43.3 Å². The fraction of sp³-hybridized carbons (Fsp3) is 0.364. The number of hydrogen-bond acceptors (Lipinski definition) is 2. The van der Waals surface area contributed by atoms with Crippen molar-refractivity contribution in [2.24, 2.45) is 5.73 Å². The van der Waals surface area contributed by atoms with Crippen molar-refractivity contribution in [2.75, 3.05) is 6.54 Å². The van der Waals surface area contributed by atoms with Crippen molar-refractivity contribution >= 4 is 5.65 Å². The minimum absolute atomic E-state index is 0.0529. The van der Waals surface area contributed by atoms with E-state index in [2.05, 4.69) is 4.98 Å². The molecule has 84 valence electrons. The Labute approximate surface area is 90.9 Å². The highest BCUT2D eigenvalue weighted by molar-refractivity contribution is 5.45. The number of fused-ring (bicyclic) bond motifs is 1. The first-order valence-electron chi connectivity index (χ1n) is 5.11. The van der Waals surface area contributed by atoms with E-state index in [1.807, 2.05) is 6.07 Å². The molecule has 1 fully saturated rings. The lowest BCUT2D eigenvalue weighted by Crippen LogP contribution is -2.28. The number of imidazole rings is 1. The lowest BCUT2D eigenvalue weighted by molar-refractivity contribution is 0.0884. The molecule has 16 heavy (non-hydrogen) atoms. The predicted octanol–water partition coefficient (Wildman–Crippen LogP) is 1.57. The molecule has 0 saturated heterocycles. The zero-order chi connectivity index (χ0) is 11.4. The Morgan fingerprint density at radius 3 is 2.81 bits per heavy atom. The minimum Gasteiger partial charge on any atom is -0.329 e. The number of alkyl halides is 2. The standard InChI is InChI=1S/C11H11F2N3/c12-11(13)6-10(11,7-14)8-5-15-9-3-1-2-4-16(8)9/h1-5H,6-7,14H2. The van der Waals surface area contributed by atoms with Crippen LogP contribution in [0.3, 0.4) is 0 Å². The third-order valence-corrected chi connectivity index (χ3v) is 3.35. The third kappa shape index (κ3) is 1.01. The van der Waals surface area contributed by atoms with Crippen LogP contribution in [0.1, 0.15) is 12.1 Å². The second kappa shape index (κ2) is 2.79. The van der Waals surface area contributed by atoms with Crippen LogP contribution < -0.4 is 5.73 Å². The van der Waals surface area contributed by atoms with E-state index in [1.165, 1.54) is 6.20 Å². The van der Waals surface area contributed by atoms with Crippen LogP contribution in [0.4, 0.5) is 8.78 Å². The first-order valence-corrected chi connectivity index (χ1v) is 5.11. The first-order chi connectivity index (χ1) is 7.61. The van der Waals surface area contributed by atoms with Crippen molar-refractivity contribution in [2.45, 2.75) is 17.8 Å². The summed E-state index contributed by atoms with van der Waals surface area (Å²) in [4.78, 5) is 4.11. The molecule has 2 N–H and O–H groups in total. The SMILES string of the molecule is NCC1(c2cnc3ccccn23)CC1(F)F. The monoisotopic (exact) mass is 223 g/mol. The summed E-state index contributed by atoms with van der Waals surface area (Å²) in [5, 5.41) is 0. The normalized spacial score (nSPS) is 27.2. The van der Waals surface area contributed by atoms with Crippen LogP contribution in [0, 0.1) is 0 Å². The van der Waals surface area contributed by atoms with Gasteiger partial charge in [0, 0.05) is 19.2 Å². The fourth-order valence-corrected chi connectivity index (χ4v) is 2.23. The molecule has 0 aromatic carbocycles. The Morgan fingerprint density at radius 1 is 1.44 bits per heavy atom. The zero-order valence-electron chi connectivity index (χ0n) is 8.53. The van der Waals surface area contributed by atoms with Crippen LogP contribution in [0.15, 0.2) is 30.6 Å². The second-order valence-electron chi connectivity index (χ2n) is 4.24. The van der Waals surface area contributed by atoms with Crippen molar-refractivity contribution in [3.05, 3.63) is 36.3 Å². The molecule has 2 heterocycles. The van der Waals surface area contributed by atoms with Gasteiger partial charge in [-0.2, -0.15) is 0 Å². The average molecular weight is 223 g/mol. The number of pyridine rings is 1. The van der Waals surface area contributed by atoms with Gasteiger partial charge in [0.1, 0.15) is 5.65 Å². The molecule has 0 spiro atoms. The zero-order valence-corrected chi connectivity index (χ0v) is 8.53. The Balaban J connectivity index is 2.20. The van der Waals surface area contributed by atoms with Gasteiger partial charge < -0.3 is 10.1 Å². The molecule has 0 amide bonds. The van der Waals surface area contributed by atoms with Gasteiger partial charge in [0.2, 0.25) is 0 Å². The van der Waals surface area contributed by atoms with Crippen LogP contribution in [-0.4, -0.2) is 21.9 Å².